The molecule has 1 unspecified atom stereocenters. The number of halogens is 3. The highest BCUT2D eigenvalue weighted by atomic mass is 19.4. The van der Waals surface area contributed by atoms with Crippen molar-refractivity contribution in [2.75, 3.05) is 39.5 Å². The molecule has 0 aromatic heterocycles. The zero-order chi connectivity index (χ0) is 13.4. The smallest absolute Gasteiger partial charge is 0.378 e. The van der Waals surface area contributed by atoms with Crippen LogP contribution in [-0.4, -0.2) is 57.6 Å². The van der Waals surface area contributed by atoms with Gasteiger partial charge in [0, 0.05) is 25.6 Å². The summed E-state index contributed by atoms with van der Waals surface area (Å²) < 4.78 is 44.7. The van der Waals surface area contributed by atoms with Gasteiger partial charge in [0.25, 0.3) is 0 Å². The van der Waals surface area contributed by atoms with Crippen LogP contribution in [0.4, 0.5) is 13.2 Å². The van der Waals surface area contributed by atoms with Gasteiger partial charge in [-0.2, -0.15) is 13.2 Å². The van der Waals surface area contributed by atoms with Crippen molar-refractivity contribution in [1.82, 2.24) is 10.6 Å². The lowest BCUT2D eigenvalue weighted by molar-refractivity contribution is -0.173. The fourth-order valence-electron chi connectivity index (χ4n) is 1.50. The number of rotatable bonds is 6. The van der Waals surface area contributed by atoms with E-state index >= 15 is 0 Å². The average Bonchev–Trinajstić information content (AvgIpc) is 2.28. The van der Waals surface area contributed by atoms with Crippen LogP contribution in [0.15, 0.2) is 0 Å². The van der Waals surface area contributed by atoms with Crippen LogP contribution in [0.1, 0.15) is 6.42 Å². The number of morpholine rings is 1. The molecule has 1 aliphatic heterocycles. The fourth-order valence-corrected chi connectivity index (χ4v) is 1.50. The highest BCUT2D eigenvalue weighted by molar-refractivity contribution is 5.76. The molecule has 8 heteroatoms. The van der Waals surface area contributed by atoms with Gasteiger partial charge >= 0.3 is 6.18 Å². The molecule has 1 atom stereocenters. The largest absolute Gasteiger partial charge is 0.411 e. The molecule has 106 valence electrons. The molecule has 0 radical (unpaired) electrons. The number of nitrogens with one attached hydrogen (secondary N) is 2. The van der Waals surface area contributed by atoms with Gasteiger partial charge in [0.1, 0.15) is 6.61 Å². The van der Waals surface area contributed by atoms with E-state index in [1.54, 1.807) is 0 Å². The molecule has 1 saturated heterocycles. The van der Waals surface area contributed by atoms with Crippen molar-refractivity contribution in [1.29, 1.82) is 0 Å². The Balaban J connectivity index is 1.99. The van der Waals surface area contributed by atoms with Crippen molar-refractivity contribution < 1.29 is 27.4 Å². The SMILES string of the molecule is O=C(CC1COCCN1)NCCOCC(F)(F)F. The summed E-state index contributed by atoms with van der Waals surface area (Å²) in [5.41, 5.74) is 0. The van der Waals surface area contributed by atoms with E-state index in [0.29, 0.717) is 19.8 Å². The van der Waals surface area contributed by atoms with Crippen molar-refractivity contribution in [2.24, 2.45) is 0 Å². The van der Waals surface area contributed by atoms with E-state index in [2.05, 4.69) is 15.4 Å². The Morgan fingerprint density at radius 2 is 2.28 bits per heavy atom. The lowest BCUT2D eigenvalue weighted by Gasteiger charge is -2.23. The molecule has 5 nitrogen and oxygen atoms in total. The first kappa shape index (κ1) is 15.2. The van der Waals surface area contributed by atoms with E-state index < -0.39 is 12.8 Å². The van der Waals surface area contributed by atoms with Crippen LogP contribution in [0.5, 0.6) is 0 Å². The number of alkyl halides is 3. The molecule has 1 fully saturated rings. The van der Waals surface area contributed by atoms with Gasteiger partial charge in [0.05, 0.1) is 19.8 Å². The Labute approximate surface area is 103 Å². The normalized spacial score (nSPS) is 20.7. The summed E-state index contributed by atoms with van der Waals surface area (Å²) in [7, 11) is 0. The molecular weight excluding hydrogens is 253 g/mol. The van der Waals surface area contributed by atoms with E-state index in [-0.39, 0.29) is 31.5 Å². The predicted molar refractivity (Wildman–Crippen MR) is 57.1 cm³/mol. The molecule has 0 aromatic rings. The van der Waals surface area contributed by atoms with Crippen LogP contribution in [0, 0.1) is 0 Å². The third-order valence-electron chi connectivity index (χ3n) is 2.26. The second kappa shape index (κ2) is 7.55. The average molecular weight is 270 g/mol. The second-order valence-electron chi connectivity index (χ2n) is 3.95. The van der Waals surface area contributed by atoms with Gasteiger partial charge < -0.3 is 20.1 Å². The molecule has 0 bridgehead atoms. The van der Waals surface area contributed by atoms with E-state index in [4.69, 9.17) is 4.74 Å². The Hall–Kier alpha value is -0.860. The number of hydrogen-bond donors (Lipinski definition) is 2. The maximum Gasteiger partial charge on any atom is 0.411 e. The molecule has 1 aliphatic rings. The number of hydrogen-bond acceptors (Lipinski definition) is 4. The predicted octanol–water partition coefficient (Wildman–Crippen LogP) is 0.0600. The van der Waals surface area contributed by atoms with Crippen LogP contribution in [0.2, 0.25) is 0 Å². The van der Waals surface area contributed by atoms with Gasteiger partial charge in [-0.1, -0.05) is 0 Å². The lowest BCUT2D eigenvalue weighted by Crippen LogP contribution is -2.44. The molecule has 18 heavy (non-hydrogen) atoms. The highest BCUT2D eigenvalue weighted by Crippen LogP contribution is 2.13. The minimum Gasteiger partial charge on any atom is -0.378 e. The first-order chi connectivity index (χ1) is 8.47. The number of carbonyl (C=O) groups excluding carboxylic acids is 1. The number of carbonyl (C=O) groups is 1. The quantitative estimate of drug-likeness (QED) is 0.670. The first-order valence-corrected chi connectivity index (χ1v) is 5.70. The topological polar surface area (TPSA) is 59.6 Å². The Bertz CT molecular complexity index is 255. The highest BCUT2D eigenvalue weighted by Gasteiger charge is 2.27. The van der Waals surface area contributed by atoms with E-state index in [9.17, 15) is 18.0 Å². The van der Waals surface area contributed by atoms with Crippen LogP contribution in [0.25, 0.3) is 0 Å². The maximum atomic E-state index is 11.7. The minimum absolute atomic E-state index is 0.0326. The number of amides is 1. The Morgan fingerprint density at radius 1 is 1.50 bits per heavy atom. The van der Waals surface area contributed by atoms with Crippen molar-refractivity contribution in [2.45, 2.75) is 18.6 Å². The molecule has 1 heterocycles. The Kier molecular flexibility index (Phi) is 6.37. The van der Waals surface area contributed by atoms with Crippen molar-refractivity contribution in [3.63, 3.8) is 0 Å². The van der Waals surface area contributed by atoms with E-state index in [1.165, 1.54) is 0 Å². The summed E-state index contributed by atoms with van der Waals surface area (Å²) in [6, 6.07) is -0.0326. The summed E-state index contributed by atoms with van der Waals surface area (Å²) >= 11 is 0. The molecule has 0 aromatic carbocycles. The third-order valence-corrected chi connectivity index (χ3v) is 2.26. The summed E-state index contributed by atoms with van der Waals surface area (Å²) in [6.07, 6.45) is -4.08. The van der Waals surface area contributed by atoms with Gasteiger partial charge in [-0.05, 0) is 0 Å². The van der Waals surface area contributed by atoms with Crippen molar-refractivity contribution in [3.05, 3.63) is 0 Å². The van der Waals surface area contributed by atoms with Gasteiger partial charge in [-0.15, -0.1) is 0 Å². The summed E-state index contributed by atoms with van der Waals surface area (Å²) in [5.74, 6) is -0.228. The monoisotopic (exact) mass is 270 g/mol. The number of ether oxygens (including phenoxy) is 2. The first-order valence-electron chi connectivity index (χ1n) is 5.70. The minimum atomic E-state index is -4.33. The molecule has 1 amide bonds. The molecule has 0 saturated carbocycles. The second-order valence-corrected chi connectivity index (χ2v) is 3.95. The molecule has 0 aliphatic carbocycles. The zero-order valence-corrected chi connectivity index (χ0v) is 9.89. The molecule has 0 spiro atoms. The van der Waals surface area contributed by atoms with Crippen LogP contribution in [-0.2, 0) is 14.3 Å². The van der Waals surface area contributed by atoms with Crippen molar-refractivity contribution in [3.8, 4) is 0 Å². The standard InChI is InChI=1S/C10H17F3N2O3/c11-10(12,13)7-18-4-2-15-9(16)5-8-6-17-3-1-14-8/h8,14H,1-7H2,(H,15,16). The Morgan fingerprint density at radius 3 is 2.89 bits per heavy atom. The molecule has 2 N–H and O–H groups in total. The third kappa shape index (κ3) is 7.46. The van der Waals surface area contributed by atoms with E-state index in [1.807, 2.05) is 0 Å². The van der Waals surface area contributed by atoms with Gasteiger partial charge in [-0.3, -0.25) is 4.79 Å². The summed E-state index contributed by atoms with van der Waals surface area (Å²) in [4.78, 5) is 11.4. The van der Waals surface area contributed by atoms with E-state index in [0.717, 1.165) is 0 Å². The van der Waals surface area contributed by atoms with Gasteiger partial charge in [0.15, 0.2) is 0 Å². The summed E-state index contributed by atoms with van der Waals surface area (Å²) in [6.45, 7) is 0.428. The van der Waals surface area contributed by atoms with Crippen LogP contribution < -0.4 is 10.6 Å². The van der Waals surface area contributed by atoms with Crippen LogP contribution in [0.3, 0.4) is 0 Å². The molecular formula is C10H17F3N2O3. The fraction of sp³-hybridized carbons (Fsp3) is 0.900. The van der Waals surface area contributed by atoms with Crippen molar-refractivity contribution >= 4 is 5.91 Å². The summed E-state index contributed by atoms with van der Waals surface area (Å²) in [5, 5.41) is 5.59. The zero-order valence-electron chi connectivity index (χ0n) is 9.89. The maximum absolute atomic E-state index is 11.7. The van der Waals surface area contributed by atoms with Gasteiger partial charge in [-0.25, -0.2) is 0 Å². The van der Waals surface area contributed by atoms with Gasteiger partial charge in [0.2, 0.25) is 5.91 Å². The molecule has 1 rings (SSSR count). The van der Waals surface area contributed by atoms with Crippen LogP contribution >= 0.6 is 0 Å². The lowest BCUT2D eigenvalue weighted by atomic mass is 10.2.